The first kappa shape index (κ1) is 29.0. The van der Waals surface area contributed by atoms with Crippen LogP contribution in [0.3, 0.4) is 0 Å². The summed E-state index contributed by atoms with van der Waals surface area (Å²) in [4.78, 5) is 0. The van der Waals surface area contributed by atoms with Gasteiger partial charge in [-0.3, -0.25) is 0 Å². The zero-order valence-electron chi connectivity index (χ0n) is 22.0. The van der Waals surface area contributed by atoms with Crippen molar-refractivity contribution in [3.63, 3.8) is 0 Å². The molecule has 0 amide bonds. The lowest BCUT2D eigenvalue weighted by atomic mass is 10.0. The number of phenolic OH excluding ortho intramolecular Hbond substituents is 2. The standard InChI is InChI=1S/C16H18.2C10H8O.CH4/c1-3-13-5-9-15(10-6-13)16-11-7-14(4-2)8-12-16;2*11-10-7-3-5-8-4-1-2-6-9(8)10;/h5-12H,3-4H2,1-2H3;2*1-7,11H;1H4. The molecule has 0 heterocycles. The maximum absolute atomic E-state index is 9.37. The number of benzene rings is 6. The molecule has 0 fully saturated rings. The Bertz CT molecular complexity index is 1450. The maximum atomic E-state index is 9.37. The van der Waals surface area contributed by atoms with Gasteiger partial charge in [0.25, 0.3) is 0 Å². The van der Waals surface area contributed by atoms with Crippen molar-refractivity contribution in [1.82, 2.24) is 0 Å². The smallest absolute Gasteiger partial charge is 0.123 e. The van der Waals surface area contributed by atoms with E-state index >= 15 is 0 Å². The quantitative estimate of drug-likeness (QED) is 0.247. The van der Waals surface area contributed by atoms with Crippen molar-refractivity contribution in [1.29, 1.82) is 0 Å². The Morgan fingerprint density at radius 1 is 0.410 bits per heavy atom. The van der Waals surface area contributed by atoms with Gasteiger partial charge in [-0.2, -0.15) is 0 Å². The van der Waals surface area contributed by atoms with Crippen LogP contribution in [0.5, 0.6) is 11.5 Å². The van der Waals surface area contributed by atoms with E-state index in [1.807, 2.05) is 72.8 Å². The minimum atomic E-state index is 0. The Morgan fingerprint density at radius 3 is 1.08 bits per heavy atom. The molecule has 0 saturated heterocycles. The average Bonchev–Trinajstić information content (AvgIpc) is 2.99. The van der Waals surface area contributed by atoms with Gasteiger partial charge in [0.15, 0.2) is 0 Å². The molecule has 0 radical (unpaired) electrons. The largest absolute Gasteiger partial charge is 0.507 e. The molecule has 2 nitrogen and oxygen atoms in total. The van der Waals surface area contributed by atoms with Gasteiger partial charge in [-0.1, -0.05) is 143 Å². The summed E-state index contributed by atoms with van der Waals surface area (Å²) in [6.07, 6.45) is 2.21. The van der Waals surface area contributed by atoms with Crippen LogP contribution in [0.4, 0.5) is 0 Å². The van der Waals surface area contributed by atoms with Gasteiger partial charge < -0.3 is 10.2 Å². The van der Waals surface area contributed by atoms with Crippen LogP contribution in [0.1, 0.15) is 32.4 Å². The van der Waals surface area contributed by atoms with E-state index in [9.17, 15) is 10.2 Å². The van der Waals surface area contributed by atoms with Crippen LogP contribution in [0.25, 0.3) is 32.7 Å². The predicted molar refractivity (Wildman–Crippen MR) is 169 cm³/mol. The molecule has 0 atom stereocenters. The van der Waals surface area contributed by atoms with Gasteiger partial charge in [-0.15, -0.1) is 0 Å². The van der Waals surface area contributed by atoms with Crippen molar-refractivity contribution in [2.24, 2.45) is 0 Å². The van der Waals surface area contributed by atoms with Gasteiger partial charge in [0, 0.05) is 10.8 Å². The molecule has 39 heavy (non-hydrogen) atoms. The first-order valence-electron chi connectivity index (χ1n) is 13.1. The van der Waals surface area contributed by atoms with Crippen LogP contribution in [0.15, 0.2) is 133 Å². The number of aryl methyl sites for hydroxylation is 2. The molecule has 2 heteroatoms. The minimum absolute atomic E-state index is 0. The molecule has 0 aromatic heterocycles. The second-order valence-corrected chi connectivity index (χ2v) is 9.10. The third-order valence-electron chi connectivity index (χ3n) is 6.59. The van der Waals surface area contributed by atoms with Crippen LogP contribution in [-0.4, -0.2) is 10.2 Å². The Hall–Kier alpha value is -4.56. The topological polar surface area (TPSA) is 40.5 Å². The molecular weight excluding hydrogens is 476 g/mol. The Labute approximate surface area is 232 Å². The molecule has 0 saturated carbocycles. The summed E-state index contributed by atoms with van der Waals surface area (Å²) in [5.41, 5.74) is 5.41. The third kappa shape index (κ3) is 7.72. The fourth-order valence-electron chi connectivity index (χ4n) is 4.28. The molecule has 198 valence electrons. The first-order valence-corrected chi connectivity index (χ1v) is 13.1. The van der Waals surface area contributed by atoms with Crippen molar-refractivity contribution in [3.05, 3.63) is 145 Å². The lowest BCUT2D eigenvalue weighted by Gasteiger charge is -2.04. The zero-order chi connectivity index (χ0) is 26.7. The highest BCUT2D eigenvalue weighted by Gasteiger charge is 1.98. The summed E-state index contributed by atoms with van der Waals surface area (Å²) in [7, 11) is 0. The van der Waals surface area contributed by atoms with E-state index in [0.29, 0.717) is 11.5 Å². The highest BCUT2D eigenvalue weighted by molar-refractivity contribution is 5.88. The molecule has 0 aliphatic carbocycles. The molecule has 6 aromatic rings. The monoisotopic (exact) mass is 514 g/mol. The normalized spacial score (nSPS) is 10.0. The number of hydrogen-bond acceptors (Lipinski definition) is 2. The molecule has 0 aliphatic heterocycles. The molecule has 0 unspecified atom stereocenters. The highest BCUT2D eigenvalue weighted by Crippen LogP contribution is 2.24. The summed E-state index contributed by atoms with van der Waals surface area (Å²) in [6, 6.07) is 44.3. The Kier molecular flexibility index (Phi) is 10.7. The van der Waals surface area contributed by atoms with Crippen LogP contribution in [0.2, 0.25) is 0 Å². The summed E-state index contributed by atoms with van der Waals surface area (Å²) in [6.45, 7) is 4.37. The van der Waals surface area contributed by atoms with E-state index in [0.717, 1.165) is 34.4 Å². The van der Waals surface area contributed by atoms with E-state index in [4.69, 9.17) is 0 Å². The lowest BCUT2D eigenvalue weighted by molar-refractivity contribution is 0.481. The van der Waals surface area contributed by atoms with Gasteiger partial charge in [0.05, 0.1) is 0 Å². The van der Waals surface area contributed by atoms with Crippen LogP contribution in [0, 0.1) is 0 Å². The van der Waals surface area contributed by atoms with Gasteiger partial charge in [-0.05, 0) is 58.0 Å². The second-order valence-electron chi connectivity index (χ2n) is 9.10. The zero-order valence-corrected chi connectivity index (χ0v) is 22.0. The van der Waals surface area contributed by atoms with E-state index in [-0.39, 0.29) is 7.43 Å². The second kappa shape index (κ2) is 14.4. The van der Waals surface area contributed by atoms with Crippen molar-refractivity contribution in [2.45, 2.75) is 34.1 Å². The number of rotatable bonds is 3. The summed E-state index contributed by atoms with van der Waals surface area (Å²) in [5.74, 6) is 0.700. The number of hydrogen-bond donors (Lipinski definition) is 2. The van der Waals surface area contributed by atoms with E-state index in [2.05, 4.69) is 62.4 Å². The van der Waals surface area contributed by atoms with E-state index < -0.39 is 0 Å². The molecule has 0 spiro atoms. The first-order chi connectivity index (χ1) is 18.6. The third-order valence-corrected chi connectivity index (χ3v) is 6.59. The van der Waals surface area contributed by atoms with Gasteiger partial charge in [0.2, 0.25) is 0 Å². The van der Waals surface area contributed by atoms with Crippen molar-refractivity contribution >= 4 is 21.5 Å². The van der Waals surface area contributed by atoms with Crippen LogP contribution in [-0.2, 0) is 12.8 Å². The molecule has 6 aromatic carbocycles. The fraction of sp³-hybridized carbons (Fsp3) is 0.135. The molecule has 0 aliphatic rings. The van der Waals surface area contributed by atoms with Gasteiger partial charge in [-0.25, -0.2) is 0 Å². The average molecular weight is 515 g/mol. The molecular formula is C37H38O2. The number of fused-ring (bicyclic) bond motifs is 2. The van der Waals surface area contributed by atoms with E-state index in [1.165, 1.54) is 22.3 Å². The lowest BCUT2D eigenvalue weighted by Crippen LogP contribution is -1.83. The highest BCUT2D eigenvalue weighted by atomic mass is 16.3. The molecule has 0 bridgehead atoms. The van der Waals surface area contributed by atoms with Gasteiger partial charge in [0.1, 0.15) is 11.5 Å². The summed E-state index contributed by atoms with van der Waals surface area (Å²) < 4.78 is 0. The summed E-state index contributed by atoms with van der Waals surface area (Å²) in [5, 5.41) is 22.7. The summed E-state index contributed by atoms with van der Waals surface area (Å²) >= 11 is 0. The molecule has 2 N–H and O–H groups in total. The Balaban J connectivity index is 0.000000164. The molecule has 6 rings (SSSR count). The van der Waals surface area contributed by atoms with Crippen LogP contribution >= 0.6 is 0 Å². The van der Waals surface area contributed by atoms with E-state index in [1.54, 1.807) is 12.1 Å². The number of aromatic hydroxyl groups is 2. The number of phenols is 2. The van der Waals surface area contributed by atoms with Crippen LogP contribution < -0.4 is 0 Å². The van der Waals surface area contributed by atoms with Crippen molar-refractivity contribution in [2.75, 3.05) is 0 Å². The van der Waals surface area contributed by atoms with Crippen molar-refractivity contribution in [3.8, 4) is 22.6 Å². The Morgan fingerprint density at radius 2 is 0.744 bits per heavy atom. The maximum Gasteiger partial charge on any atom is 0.123 e. The predicted octanol–water partition coefficient (Wildman–Crippen LogP) is 10.2. The van der Waals surface area contributed by atoms with Crippen molar-refractivity contribution < 1.29 is 10.2 Å². The fourth-order valence-corrected chi connectivity index (χ4v) is 4.28. The minimum Gasteiger partial charge on any atom is -0.507 e. The SMILES string of the molecule is C.CCc1ccc(-c2ccc(CC)cc2)cc1.Oc1cccc2ccccc12.Oc1cccc2ccccc12. The van der Waals surface area contributed by atoms with Gasteiger partial charge >= 0.3 is 0 Å².